The Hall–Kier alpha value is -3.74. The second kappa shape index (κ2) is 13.7. The summed E-state index contributed by atoms with van der Waals surface area (Å²) in [5.41, 5.74) is 11.1. The molecule has 6 nitrogen and oxygen atoms in total. The first-order chi connectivity index (χ1) is 21.4. The first-order valence-corrected chi connectivity index (χ1v) is 14.9. The normalized spacial score (nSPS) is 15.1. The minimum atomic E-state index is -4.79. The molecule has 1 aliphatic heterocycles. The first-order valence-electron chi connectivity index (χ1n) is 14.9. The van der Waals surface area contributed by atoms with E-state index >= 15 is 0 Å². The zero-order chi connectivity index (χ0) is 32.2. The summed E-state index contributed by atoms with van der Waals surface area (Å²) in [6.45, 7) is 7.32. The molecule has 0 atom stereocenters. The second-order valence-electron chi connectivity index (χ2n) is 11.3. The molecular weight excluding hydrogens is 598 g/mol. The van der Waals surface area contributed by atoms with Gasteiger partial charge in [-0.3, -0.25) is 9.80 Å². The summed E-state index contributed by atoms with van der Waals surface area (Å²) < 4.78 is 86.8. The summed E-state index contributed by atoms with van der Waals surface area (Å²) in [5.74, 6) is -0.523. The number of nitrogens with two attached hydrogens (primary N) is 1. The van der Waals surface area contributed by atoms with Crippen LogP contribution in [0.4, 0.5) is 26.3 Å². The standard InChI is InChI=1S/C33H36F6N4O2/c1-2-3-11-43-22-30(28-9-8-27(18-25(28)19-40)45-33(37,38)39)29-17-24(7-10-31(29)43)21-42-14-12-41(13-15-42)20-23-5-4-6-26(16-23)44-32(34,35)36/h4-10,16-18,22H,2-3,11-15,19-21,40H2,1H3. The van der Waals surface area contributed by atoms with E-state index in [2.05, 4.69) is 55.2 Å². The van der Waals surface area contributed by atoms with E-state index in [4.69, 9.17) is 5.73 Å². The topological polar surface area (TPSA) is 55.9 Å². The summed E-state index contributed by atoms with van der Waals surface area (Å²) in [4.78, 5) is 4.54. The molecule has 2 N–H and O–H groups in total. The largest absolute Gasteiger partial charge is 0.573 e. The number of fused-ring (bicyclic) bond motifs is 1. The van der Waals surface area contributed by atoms with Crippen molar-refractivity contribution in [1.29, 1.82) is 0 Å². The molecule has 3 aromatic carbocycles. The van der Waals surface area contributed by atoms with Gasteiger partial charge in [-0.15, -0.1) is 26.3 Å². The van der Waals surface area contributed by atoms with Crippen molar-refractivity contribution in [2.24, 2.45) is 5.73 Å². The monoisotopic (exact) mass is 634 g/mol. The smallest absolute Gasteiger partial charge is 0.406 e. The maximum absolute atomic E-state index is 12.8. The highest BCUT2D eigenvalue weighted by molar-refractivity contribution is 5.97. The van der Waals surface area contributed by atoms with Gasteiger partial charge >= 0.3 is 12.7 Å². The lowest BCUT2D eigenvalue weighted by Crippen LogP contribution is -2.45. The highest BCUT2D eigenvalue weighted by Gasteiger charge is 2.32. The molecule has 0 unspecified atom stereocenters. The maximum Gasteiger partial charge on any atom is 0.573 e. The summed E-state index contributed by atoms with van der Waals surface area (Å²) >= 11 is 0. The van der Waals surface area contributed by atoms with Crippen LogP contribution in [-0.2, 0) is 26.2 Å². The van der Waals surface area contributed by atoms with Gasteiger partial charge in [0.05, 0.1) is 0 Å². The van der Waals surface area contributed by atoms with E-state index in [0.29, 0.717) is 18.7 Å². The molecule has 5 rings (SSSR count). The molecule has 1 aliphatic rings. The lowest BCUT2D eigenvalue weighted by molar-refractivity contribution is -0.275. The predicted molar refractivity (Wildman–Crippen MR) is 161 cm³/mol. The Morgan fingerprint density at radius 3 is 1.96 bits per heavy atom. The molecular formula is C33H36F6N4O2. The Balaban J connectivity index is 1.31. The number of aromatic nitrogens is 1. The molecule has 0 spiro atoms. The Morgan fingerprint density at radius 2 is 1.36 bits per heavy atom. The third kappa shape index (κ3) is 8.71. The van der Waals surface area contributed by atoms with Crippen molar-refractivity contribution in [1.82, 2.24) is 14.4 Å². The molecule has 0 radical (unpaired) electrons. The van der Waals surface area contributed by atoms with Crippen LogP contribution in [0, 0.1) is 0 Å². The number of ether oxygens (including phenoxy) is 2. The maximum atomic E-state index is 12.8. The van der Waals surface area contributed by atoms with E-state index in [9.17, 15) is 26.3 Å². The van der Waals surface area contributed by atoms with Crippen LogP contribution in [0.15, 0.2) is 66.9 Å². The van der Waals surface area contributed by atoms with Crippen LogP contribution in [0.5, 0.6) is 11.5 Å². The number of alkyl halides is 6. The number of unbranched alkanes of at least 4 members (excludes halogenated alkanes) is 1. The minimum absolute atomic E-state index is 0.0512. The van der Waals surface area contributed by atoms with Crippen molar-refractivity contribution in [3.05, 3.63) is 83.6 Å². The number of piperazine rings is 1. The van der Waals surface area contributed by atoms with Crippen LogP contribution < -0.4 is 15.2 Å². The fourth-order valence-electron chi connectivity index (χ4n) is 5.83. The van der Waals surface area contributed by atoms with E-state index in [1.165, 1.54) is 24.3 Å². The van der Waals surface area contributed by atoms with Crippen LogP contribution in [0.25, 0.3) is 22.0 Å². The average Bonchev–Trinajstić information content (AvgIpc) is 3.33. The predicted octanol–water partition coefficient (Wildman–Crippen LogP) is 7.68. The van der Waals surface area contributed by atoms with E-state index in [1.54, 1.807) is 18.2 Å². The number of benzene rings is 3. The fourth-order valence-corrected chi connectivity index (χ4v) is 5.83. The van der Waals surface area contributed by atoms with E-state index in [1.807, 2.05) is 0 Å². The molecule has 2 heterocycles. The third-order valence-corrected chi connectivity index (χ3v) is 7.93. The van der Waals surface area contributed by atoms with Gasteiger partial charge in [-0.25, -0.2) is 0 Å². The molecule has 0 bridgehead atoms. The Kier molecular flexibility index (Phi) is 9.95. The van der Waals surface area contributed by atoms with Crippen molar-refractivity contribution in [3.63, 3.8) is 0 Å². The number of aryl methyl sites for hydroxylation is 1. The summed E-state index contributed by atoms with van der Waals surface area (Å²) in [5, 5.41) is 1.00. The van der Waals surface area contributed by atoms with Crippen LogP contribution in [0.2, 0.25) is 0 Å². The third-order valence-electron chi connectivity index (χ3n) is 7.93. The van der Waals surface area contributed by atoms with Gasteiger partial charge in [0.2, 0.25) is 0 Å². The second-order valence-corrected chi connectivity index (χ2v) is 11.3. The summed E-state index contributed by atoms with van der Waals surface area (Å²) in [6.07, 6.45) is -5.47. The van der Waals surface area contributed by atoms with Gasteiger partial charge in [0.15, 0.2) is 0 Å². The number of halogens is 6. The van der Waals surface area contributed by atoms with Crippen LogP contribution in [-0.4, -0.2) is 53.3 Å². The van der Waals surface area contributed by atoms with Crippen molar-refractivity contribution in [2.45, 2.75) is 58.7 Å². The van der Waals surface area contributed by atoms with E-state index in [0.717, 1.165) is 78.7 Å². The molecule has 12 heteroatoms. The fraction of sp³-hybridized carbons (Fsp3) is 0.394. The van der Waals surface area contributed by atoms with E-state index < -0.39 is 12.7 Å². The molecule has 1 fully saturated rings. The average molecular weight is 635 g/mol. The highest BCUT2D eigenvalue weighted by atomic mass is 19.4. The number of hydrogen-bond donors (Lipinski definition) is 1. The molecule has 242 valence electrons. The molecule has 45 heavy (non-hydrogen) atoms. The molecule has 1 saturated heterocycles. The van der Waals surface area contributed by atoms with Crippen LogP contribution >= 0.6 is 0 Å². The summed E-state index contributed by atoms with van der Waals surface area (Å²) in [6, 6.07) is 16.7. The summed E-state index contributed by atoms with van der Waals surface area (Å²) in [7, 11) is 0. The SMILES string of the molecule is CCCCn1cc(-c2ccc(OC(F)(F)F)cc2CN)c2cc(CN3CCN(Cc4cccc(OC(F)(F)F)c4)CC3)ccc21. The zero-order valence-corrected chi connectivity index (χ0v) is 24.9. The van der Waals surface area contributed by atoms with Crippen molar-refractivity contribution < 1.29 is 35.8 Å². The molecule has 4 aromatic rings. The Bertz CT molecular complexity index is 1590. The quantitative estimate of drug-likeness (QED) is 0.172. The molecule has 1 aromatic heterocycles. The van der Waals surface area contributed by atoms with Crippen LogP contribution in [0.3, 0.4) is 0 Å². The minimum Gasteiger partial charge on any atom is -0.406 e. The van der Waals surface area contributed by atoms with Gasteiger partial charge in [0, 0.05) is 75.0 Å². The lowest BCUT2D eigenvalue weighted by atomic mass is 9.98. The Labute approximate surface area is 257 Å². The van der Waals surface area contributed by atoms with Crippen molar-refractivity contribution >= 4 is 10.9 Å². The van der Waals surface area contributed by atoms with Crippen molar-refractivity contribution in [2.75, 3.05) is 26.2 Å². The van der Waals surface area contributed by atoms with Crippen molar-refractivity contribution in [3.8, 4) is 22.6 Å². The number of rotatable bonds is 11. The van der Waals surface area contributed by atoms with Gasteiger partial charge < -0.3 is 19.8 Å². The van der Waals surface area contributed by atoms with Gasteiger partial charge in [-0.2, -0.15) is 0 Å². The molecule has 0 amide bonds. The van der Waals surface area contributed by atoms with Gasteiger partial charge in [0.25, 0.3) is 0 Å². The number of nitrogens with zero attached hydrogens (tertiary/aromatic N) is 3. The highest BCUT2D eigenvalue weighted by Crippen LogP contribution is 2.36. The van der Waals surface area contributed by atoms with Gasteiger partial charge in [-0.1, -0.05) is 37.6 Å². The van der Waals surface area contributed by atoms with Crippen LogP contribution in [0.1, 0.15) is 36.5 Å². The number of hydrogen-bond acceptors (Lipinski definition) is 5. The lowest BCUT2D eigenvalue weighted by Gasteiger charge is -2.34. The van der Waals surface area contributed by atoms with Gasteiger partial charge in [-0.05, 0) is 65.1 Å². The van der Waals surface area contributed by atoms with E-state index in [-0.39, 0.29) is 18.0 Å². The molecule has 0 saturated carbocycles. The van der Waals surface area contributed by atoms with Gasteiger partial charge in [0.1, 0.15) is 11.5 Å². The Morgan fingerprint density at radius 1 is 0.733 bits per heavy atom. The zero-order valence-electron chi connectivity index (χ0n) is 24.9. The molecule has 0 aliphatic carbocycles. The first kappa shape index (κ1) is 32.6.